The molecule has 128 valence electrons. The first-order valence-corrected chi connectivity index (χ1v) is 9.68. The van der Waals surface area contributed by atoms with Crippen molar-refractivity contribution in [2.45, 2.75) is 96.8 Å². The van der Waals surface area contributed by atoms with E-state index < -0.39 is 0 Å². The topological polar surface area (TPSA) is 26.3 Å². The fourth-order valence-electron chi connectivity index (χ4n) is 2.67. The molecule has 1 fully saturated rings. The Morgan fingerprint density at radius 3 is 1.86 bits per heavy atom. The third-order valence-electron chi connectivity index (χ3n) is 4.37. The van der Waals surface area contributed by atoms with Gasteiger partial charge in [0.2, 0.25) is 0 Å². The van der Waals surface area contributed by atoms with Crippen LogP contribution in [0.4, 0.5) is 0 Å². The van der Waals surface area contributed by atoms with Gasteiger partial charge in [-0.25, -0.2) is 4.79 Å². The van der Waals surface area contributed by atoms with E-state index in [9.17, 15) is 4.79 Å². The zero-order valence-electron chi connectivity index (χ0n) is 14.7. The molecule has 0 amide bonds. The molecule has 0 aromatic carbocycles. The van der Waals surface area contributed by atoms with Crippen LogP contribution in [0.2, 0.25) is 0 Å². The second kappa shape index (κ2) is 13.8. The number of esters is 1. The SMILES string of the molecule is CCCCCCCCCCCCCCOC(=O)/C=C/C1CC1. The Balaban J connectivity index is 1.71. The maximum absolute atomic E-state index is 11.4. The van der Waals surface area contributed by atoms with E-state index in [0.717, 1.165) is 6.42 Å². The summed E-state index contributed by atoms with van der Waals surface area (Å²) < 4.78 is 5.19. The highest BCUT2D eigenvalue weighted by molar-refractivity contribution is 5.81. The number of hydrogen-bond donors (Lipinski definition) is 0. The molecule has 2 nitrogen and oxygen atoms in total. The van der Waals surface area contributed by atoms with Crippen LogP contribution in [0, 0.1) is 5.92 Å². The Morgan fingerprint density at radius 2 is 1.36 bits per heavy atom. The van der Waals surface area contributed by atoms with Crippen LogP contribution in [0.15, 0.2) is 12.2 Å². The largest absolute Gasteiger partial charge is 0.463 e. The predicted octanol–water partition coefficient (Wildman–Crippen LogP) is 6.20. The first-order valence-electron chi connectivity index (χ1n) is 9.68. The van der Waals surface area contributed by atoms with Crippen LogP contribution >= 0.6 is 0 Å². The van der Waals surface area contributed by atoms with E-state index in [-0.39, 0.29) is 5.97 Å². The van der Waals surface area contributed by atoms with Gasteiger partial charge in [0.15, 0.2) is 0 Å². The Labute approximate surface area is 137 Å². The van der Waals surface area contributed by atoms with E-state index in [1.54, 1.807) is 6.08 Å². The van der Waals surface area contributed by atoms with Gasteiger partial charge < -0.3 is 4.74 Å². The molecule has 0 heterocycles. The summed E-state index contributed by atoms with van der Waals surface area (Å²) in [6.07, 6.45) is 22.1. The van der Waals surface area contributed by atoms with Crippen LogP contribution in [0.5, 0.6) is 0 Å². The van der Waals surface area contributed by atoms with Gasteiger partial charge in [-0.3, -0.25) is 0 Å². The van der Waals surface area contributed by atoms with Crippen molar-refractivity contribution in [3.8, 4) is 0 Å². The molecule has 0 bridgehead atoms. The second-order valence-corrected chi connectivity index (χ2v) is 6.75. The van der Waals surface area contributed by atoms with Gasteiger partial charge in [0.25, 0.3) is 0 Å². The molecule has 0 aromatic rings. The first kappa shape index (κ1) is 19.3. The van der Waals surface area contributed by atoms with Crippen LogP contribution in [-0.4, -0.2) is 12.6 Å². The number of carbonyl (C=O) groups is 1. The van der Waals surface area contributed by atoms with Crippen LogP contribution in [-0.2, 0) is 9.53 Å². The number of carbonyl (C=O) groups excluding carboxylic acids is 1. The van der Waals surface area contributed by atoms with E-state index in [1.807, 2.05) is 6.08 Å². The van der Waals surface area contributed by atoms with Gasteiger partial charge in [0, 0.05) is 6.08 Å². The van der Waals surface area contributed by atoms with Gasteiger partial charge in [0.1, 0.15) is 0 Å². The summed E-state index contributed by atoms with van der Waals surface area (Å²) >= 11 is 0. The molecule has 0 atom stereocenters. The maximum Gasteiger partial charge on any atom is 0.330 e. The number of ether oxygens (including phenoxy) is 1. The molecule has 0 aliphatic heterocycles. The van der Waals surface area contributed by atoms with Crippen molar-refractivity contribution in [3.05, 3.63) is 12.2 Å². The highest BCUT2D eigenvalue weighted by Gasteiger charge is 2.17. The fraction of sp³-hybridized carbons (Fsp3) is 0.850. The molecule has 0 aromatic heterocycles. The zero-order chi connectivity index (χ0) is 15.9. The Hall–Kier alpha value is -0.790. The summed E-state index contributed by atoms with van der Waals surface area (Å²) in [5.41, 5.74) is 0. The van der Waals surface area contributed by atoms with E-state index >= 15 is 0 Å². The van der Waals surface area contributed by atoms with Crippen LogP contribution in [0.3, 0.4) is 0 Å². The molecule has 0 N–H and O–H groups in total. The minimum atomic E-state index is -0.157. The molecule has 1 rings (SSSR count). The van der Waals surface area contributed by atoms with Crippen molar-refractivity contribution >= 4 is 5.97 Å². The molecule has 0 saturated heterocycles. The van der Waals surface area contributed by atoms with E-state index in [4.69, 9.17) is 4.74 Å². The van der Waals surface area contributed by atoms with Crippen molar-refractivity contribution in [1.29, 1.82) is 0 Å². The third-order valence-corrected chi connectivity index (χ3v) is 4.37. The van der Waals surface area contributed by atoms with Gasteiger partial charge in [-0.05, 0) is 25.2 Å². The minimum absolute atomic E-state index is 0.157. The lowest BCUT2D eigenvalue weighted by molar-refractivity contribution is -0.137. The summed E-state index contributed by atoms with van der Waals surface area (Å²) in [4.78, 5) is 11.4. The highest BCUT2D eigenvalue weighted by atomic mass is 16.5. The predicted molar refractivity (Wildman–Crippen MR) is 93.9 cm³/mol. The zero-order valence-corrected chi connectivity index (χ0v) is 14.7. The molecule has 1 saturated carbocycles. The molecule has 1 aliphatic carbocycles. The summed E-state index contributed by atoms with van der Waals surface area (Å²) in [6.45, 7) is 2.86. The molecular weight excluding hydrogens is 272 g/mol. The van der Waals surface area contributed by atoms with E-state index in [2.05, 4.69) is 6.92 Å². The molecule has 0 unspecified atom stereocenters. The van der Waals surface area contributed by atoms with Crippen molar-refractivity contribution in [3.63, 3.8) is 0 Å². The first-order chi connectivity index (χ1) is 10.8. The Bertz CT molecular complexity index is 292. The Kier molecular flexibility index (Phi) is 12.1. The summed E-state index contributed by atoms with van der Waals surface area (Å²) in [6, 6.07) is 0. The minimum Gasteiger partial charge on any atom is -0.463 e. The fourth-order valence-corrected chi connectivity index (χ4v) is 2.67. The number of hydrogen-bond acceptors (Lipinski definition) is 2. The summed E-state index contributed by atoms with van der Waals surface area (Å²) in [5.74, 6) is 0.495. The molecule has 2 heteroatoms. The molecule has 22 heavy (non-hydrogen) atoms. The van der Waals surface area contributed by atoms with Gasteiger partial charge in [-0.2, -0.15) is 0 Å². The number of rotatable bonds is 15. The molecule has 0 spiro atoms. The van der Waals surface area contributed by atoms with Crippen molar-refractivity contribution in [1.82, 2.24) is 0 Å². The van der Waals surface area contributed by atoms with Crippen molar-refractivity contribution < 1.29 is 9.53 Å². The van der Waals surface area contributed by atoms with E-state index in [0.29, 0.717) is 12.5 Å². The number of unbranched alkanes of at least 4 members (excludes halogenated alkanes) is 11. The van der Waals surface area contributed by atoms with Crippen LogP contribution < -0.4 is 0 Å². The smallest absolute Gasteiger partial charge is 0.330 e. The Morgan fingerprint density at radius 1 is 0.864 bits per heavy atom. The molecule has 0 radical (unpaired) electrons. The van der Waals surface area contributed by atoms with Crippen LogP contribution in [0.25, 0.3) is 0 Å². The van der Waals surface area contributed by atoms with Gasteiger partial charge in [0.05, 0.1) is 6.61 Å². The average molecular weight is 309 g/mol. The van der Waals surface area contributed by atoms with Gasteiger partial charge in [-0.1, -0.05) is 83.6 Å². The van der Waals surface area contributed by atoms with Gasteiger partial charge in [-0.15, -0.1) is 0 Å². The average Bonchev–Trinajstić information content (AvgIpc) is 3.34. The highest BCUT2D eigenvalue weighted by Crippen LogP contribution is 2.29. The van der Waals surface area contributed by atoms with Crippen molar-refractivity contribution in [2.24, 2.45) is 5.92 Å². The normalized spacial score (nSPS) is 14.6. The van der Waals surface area contributed by atoms with Crippen LogP contribution in [0.1, 0.15) is 96.8 Å². The lowest BCUT2D eigenvalue weighted by Crippen LogP contribution is -2.02. The lowest BCUT2D eigenvalue weighted by atomic mass is 10.1. The third kappa shape index (κ3) is 12.9. The molecule has 1 aliphatic rings. The second-order valence-electron chi connectivity index (χ2n) is 6.75. The number of allylic oxidation sites excluding steroid dienone is 1. The quantitative estimate of drug-likeness (QED) is 0.205. The summed E-state index contributed by atoms with van der Waals surface area (Å²) in [7, 11) is 0. The monoisotopic (exact) mass is 308 g/mol. The van der Waals surface area contributed by atoms with E-state index in [1.165, 1.54) is 83.5 Å². The molecular formula is C20H36O2. The maximum atomic E-state index is 11.4. The summed E-state index contributed by atoms with van der Waals surface area (Å²) in [5, 5.41) is 0. The standard InChI is InChI=1S/C20H36O2/c1-2-3-4-5-6-7-8-9-10-11-12-13-18-22-20(21)17-16-19-14-15-19/h16-17,19H,2-15,18H2,1H3/b17-16+. The lowest BCUT2D eigenvalue weighted by Gasteiger charge is -2.03. The van der Waals surface area contributed by atoms with Gasteiger partial charge >= 0.3 is 5.97 Å². The van der Waals surface area contributed by atoms with Crippen molar-refractivity contribution in [2.75, 3.05) is 6.61 Å².